The van der Waals surface area contributed by atoms with Crippen LogP contribution in [0.4, 0.5) is 0 Å². The van der Waals surface area contributed by atoms with E-state index in [0.717, 1.165) is 6.54 Å². The topological polar surface area (TPSA) is 49.1 Å². The summed E-state index contributed by atoms with van der Waals surface area (Å²) in [5, 5.41) is 8.89. The smallest absolute Gasteiger partial charge is 0.155 e. The molecule has 0 spiro atoms. The fourth-order valence-corrected chi connectivity index (χ4v) is 1.96. The minimum Gasteiger partial charge on any atom is -0.489 e. The Morgan fingerprint density at radius 3 is 3.25 bits per heavy atom. The number of likely N-dealkylation sites (N-methyl/N-ethyl adjacent to an activating group) is 1. The van der Waals surface area contributed by atoms with E-state index < -0.39 is 0 Å². The molecule has 1 atom stereocenters. The summed E-state index contributed by atoms with van der Waals surface area (Å²) < 4.78 is 5.66. The van der Waals surface area contributed by atoms with Crippen molar-refractivity contribution < 1.29 is 4.74 Å². The summed E-state index contributed by atoms with van der Waals surface area (Å²) in [7, 11) is 2.11. The third-order valence-corrected chi connectivity index (χ3v) is 3.01. The predicted octanol–water partition coefficient (Wildman–Crippen LogP) is 1.43. The van der Waals surface area contributed by atoms with Crippen LogP contribution in [0.3, 0.4) is 0 Å². The first-order valence-corrected chi connectivity index (χ1v) is 5.48. The normalized spacial score (nSPS) is 20.6. The lowest BCUT2D eigenvalue weighted by Crippen LogP contribution is -2.30. The fraction of sp³-hybridized carbons (Fsp3) is 0.500. The van der Waals surface area contributed by atoms with Crippen LogP contribution in [0, 0.1) is 11.3 Å². The Hall–Kier alpha value is -1.60. The number of hydrogen-bond acceptors (Lipinski definition) is 4. The third kappa shape index (κ3) is 2.31. The third-order valence-electron chi connectivity index (χ3n) is 3.01. The van der Waals surface area contributed by atoms with Gasteiger partial charge < -0.3 is 9.64 Å². The lowest BCUT2D eigenvalue weighted by molar-refractivity contribution is 0.197. The fourth-order valence-electron chi connectivity index (χ4n) is 1.96. The Bertz CT molecular complexity index is 399. The Kier molecular flexibility index (Phi) is 3.37. The van der Waals surface area contributed by atoms with Gasteiger partial charge in [-0.3, -0.25) is 4.98 Å². The highest BCUT2D eigenvalue weighted by molar-refractivity contribution is 5.40. The van der Waals surface area contributed by atoms with Crippen LogP contribution in [-0.4, -0.2) is 36.1 Å². The summed E-state index contributed by atoms with van der Waals surface area (Å²) in [5.41, 5.74) is 0.552. The van der Waals surface area contributed by atoms with E-state index in [0.29, 0.717) is 24.0 Å². The van der Waals surface area contributed by atoms with Gasteiger partial charge in [-0.1, -0.05) is 0 Å². The zero-order valence-electron chi connectivity index (χ0n) is 9.39. The first-order valence-electron chi connectivity index (χ1n) is 5.48. The van der Waals surface area contributed by atoms with Crippen LogP contribution in [0.5, 0.6) is 5.75 Å². The molecule has 16 heavy (non-hydrogen) atoms. The summed E-state index contributed by atoms with van der Waals surface area (Å²) >= 11 is 0. The Labute approximate surface area is 95.5 Å². The van der Waals surface area contributed by atoms with Crippen molar-refractivity contribution in [2.75, 3.05) is 20.2 Å². The van der Waals surface area contributed by atoms with Crippen LogP contribution in [0.1, 0.15) is 18.4 Å². The minimum absolute atomic E-state index is 0.465. The molecule has 0 aromatic carbocycles. The minimum atomic E-state index is 0.465. The van der Waals surface area contributed by atoms with Crippen molar-refractivity contribution in [3.8, 4) is 11.8 Å². The molecule has 84 valence electrons. The van der Waals surface area contributed by atoms with Crippen LogP contribution < -0.4 is 4.74 Å². The van der Waals surface area contributed by atoms with Crippen LogP contribution in [-0.2, 0) is 0 Å². The number of nitriles is 1. The van der Waals surface area contributed by atoms with Crippen molar-refractivity contribution in [1.82, 2.24) is 9.88 Å². The van der Waals surface area contributed by atoms with E-state index in [1.54, 1.807) is 18.5 Å². The molecule has 0 saturated carbocycles. The van der Waals surface area contributed by atoms with E-state index in [4.69, 9.17) is 10.00 Å². The van der Waals surface area contributed by atoms with Crippen LogP contribution in [0.15, 0.2) is 18.5 Å². The lowest BCUT2D eigenvalue weighted by atomic mass is 10.2. The molecule has 1 fully saturated rings. The van der Waals surface area contributed by atoms with E-state index in [1.165, 1.54) is 12.8 Å². The molecule has 1 aliphatic rings. The number of ether oxygens (including phenoxy) is 1. The molecule has 0 bridgehead atoms. The second kappa shape index (κ2) is 4.95. The molecule has 1 aromatic heterocycles. The van der Waals surface area contributed by atoms with Gasteiger partial charge >= 0.3 is 0 Å². The Morgan fingerprint density at radius 2 is 2.56 bits per heavy atom. The zero-order valence-corrected chi connectivity index (χ0v) is 9.39. The number of hydrogen-bond donors (Lipinski definition) is 0. The second-order valence-corrected chi connectivity index (χ2v) is 4.07. The molecule has 2 heterocycles. The highest BCUT2D eigenvalue weighted by Gasteiger charge is 2.21. The monoisotopic (exact) mass is 217 g/mol. The average molecular weight is 217 g/mol. The van der Waals surface area contributed by atoms with E-state index in [9.17, 15) is 0 Å². The lowest BCUT2D eigenvalue weighted by Gasteiger charge is -2.19. The summed E-state index contributed by atoms with van der Waals surface area (Å²) in [4.78, 5) is 6.26. The van der Waals surface area contributed by atoms with Gasteiger partial charge in [0.25, 0.3) is 0 Å². The van der Waals surface area contributed by atoms with Gasteiger partial charge in [-0.15, -0.1) is 0 Å². The molecule has 1 saturated heterocycles. The van der Waals surface area contributed by atoms with Gasteiger partial charge in [0.15, 0.2) is 5.75 Å². The van der Waals surface area contributed by atoms with Crippen LogP contribution in [0.25, 0.3) is 0 Å². The Balaban J connectivity index is 1.97. The molecule has 4 heteroatoms. The molecule has 1 aromatic rings. The Morgan fingerprint density at radius 1 is 1.69 bits per heavy atom. The van der Waals surface area contributed by atoms with Crippen molar-refractivity contribution in [3.05, 3.63) is 24.0 Å². The largest absolute Gasteiger partial charge is 0.489 e. The average Bonchev–Trinajstić information content (AvgIpc) is 2.72. The summed E-state index contributed by atoms with van der Waals surface area (Å²) in [6.45, 7) is 1.77. The van der Waals surface area contributed by atoms with Crippen molar-refractivity contribution in [3.63, 3.8) is 0 Å². The van der Waals surface area contributed by atoms with E-state index in [1.807, 2.05) is 0 Å². The van der Waals surface area contributed by atoms with Gasteiger partial charge in [0.05, 0.1) is 11.8 Å². The summed E-state index contributed by atoms with van der Waals surface area (Å²) in [6.07, 6.45) is 5.60. The number of aromatic nitrogens is 1. The number of likely N-dealkylation sites (tertiary alicyclic amines) is 1. The molecule has 0 N–H and O–H groups in total. The van der Waals surface area contributed by atoms with Gasteiger partial charge in [-0.2, -0.15) is 5.26 Å². The second-order valence-electron chi connectivity index (χ2n) is 4.07. The highest BCUT2D eigenvalue weighted by Crippen LogP contribution is 2.19. The van der Waals surface area contributed by atoms with Gasteiger partial charge in [0.1, 0.15) is 12.7 Å². The molecular formula is C12H15N3O. The number of nitrogens with zero attached hydrogens (tertiary/aromatic N) is 3. The molecule has 1 aliphatic heterocycles. The quantitative estimate of drug-likeness (QED) is 0.768. The molecule has 0 unspecified atom stereocenters. The number of pyridine rings is 1. The van der Waals surface area contributed by atoms with Crippen LogP contribution in [0.2, 0.25) is 0 Å². The standard InChI is InChI=1S/C12H15N3O/c1-15-6-2-3-11(15)9-16-12-8-14-5-4-10(12)7-13/h4-5,8,11H,2-3,6,9H2,1H3/t11-/m0/s1. The summed E-state index contributed by atoms with van der Waals surface area (Å²) in [5.74, 6) is 0.588. The van der Waals surface area contributed by atoms with E-state index >= 15 is 0 Å². The number of rotatable bonds is 3. The van der Waals surface area contributed by atoms with Gasteiger partial charge in [0, 0.05) is 12.2 Å². The van der Waals surface area contributed by atoms with E-state index in [-0.39, 0.29) is 0 Å². The van der Waals surface area contributed by atoms with Gasteiger partial charge in [-0.25, -0.2) is 0 Å². The van der Waals surface area contributed by atoms with Crippen molar-refractivity contribution in [2.45, 2.75) is 18.9 Å². The highest BCUT2D eigenvalue weighted by atomic mass is 16.5. The first kappa shape index (κ1) is 10.9. The van der Waals surface area contributed by atoms with E-state index in [2.05, 4.69) is 23.0 Å². The molecular weight excluding hydrogens is 202 g/mol. The summed E-state index contributed by atoms with van der Waals surface area (Å²) in [6, 6.07) is 4.24. The maximum Gasteiger partial charge on any atom is 0.155 e. The van der Waals surface area contributed by atoms with Crippen LogP contribution >= 0.6 is 0 Å². The SMILES string of the molecule is CN1CCC[C@H]1COc1cnccc1C#N. The van der Waals surface area contributed by atoms with Crippen molar-refractivity contribution >= 4 is 0 Å². The zero-order chi connectivity index (χ0) is 11.4. The maximum atomic E-state index is 8.89. The molecule has 0 amide bonds. The molecule has 4 nitrogen and oxygen atoms in total. The predicted molar refractivity (Wildman–Crippen MR) is 60.1 cm³/mol. The molecule has 0 aliphatic carbocycles. The van der Waals surface area contributed by atoms with Gasteiger partial charge in [0.2, 0.25) is 0 Å². The maximum absolute atomic E-state index is 8.89. The van der Waals surface area contributed by atoms with Crippen molar-refractivity contribution in [1.29, 1.82) is 5.26 Å². The molecule has 0 radical (unpaired) electrons. The van der Waals surface area contributed by atoms with Gasteiger partial charge in [-0.05, 0) is 32.5 Å². The first-order chi connectivity index (χ1) is 7.81. The van der Waals surface area contributed by atoms with Crippen molar-refractivity contribution in [2.24, 2.45) is 0 Å². The molecule has 2 rings (SSSR count).